The average molecular weight is 258 g/mol. The first-order valence-electron chi connectivity index (χ1n) is 6.74. The van der Waals surface area contributed by atoms with E-state index in [0.29, 0.717) is 6.54 Å². The average Bonchev–Trinajstić information content (AvgIpc) is 2.69. The Morgan fingerprint density at radius 1 is 1.26 bits per heavy atom. The minimum atomic E-state index is 0.645. The summed E-state index contributed by atoms with van der Waals surface area (Å²) in [5, 5.41) is 4.54. The van der Waals surface area contributed by atoms with Gasteiger partial charge < -0.3 is 10.6 Å². The molecule has 4 nitrogen and oxygen atoms in total. The van der Waals surface area contributed by atoms with Crippen LogP contribution in [0.15, 0.2) is 30.3 Å². The Kier molecular flexibility index (Phi) is 4.22. The van der Waals surface area contributed by atoms with Gasteiger partial charge >= 0.3 is 0 Å². The van der Waals surface area contributed by atoms with Gasteiger partial charge in [0.2, 0.25) is 0 Å². The summed E-state index contributed by atoms with van der Waals surface area (Å²) in [5.74, 6) is 1.15. The lowest BCUT2D eigenvalue weighted by Gasteiger charge is -2.24. The van der Waals surface area contributed by atoms with Crippen LogP contribution < -0.4 is 10.6 Å². The highest BCUT2D eigenvalue weighted by Crippen LogP contribution is 2.29. The van der Waals surface area contributed by atoms with Crippen molar-refractivity contribution in [2.75, 3.05) is 18.0 Å². The van der Waals surface area contributed by atoms with Gasteiger partial charge in [0.1, 0.15) is 5.82 Å². The highest BCUT2D eigenvalue weighted by Gasteiger charge is 2.18. The monoisotopic (exact) mass is 258 g/mol. The van der Waals surface area contributed by atoms with E-state index in [1.807, 2.05) is 24.7 Å². The van der Waals surface area contributed by atoms with Crippen LogP contribution in [0.5, 0.6) is 0 Å². The number of benzene rings is 1. The number of rotatable bonds is 5. The van der Waals surface area contributed by atoms with E-state index < -0.39 is 0 Å². The minimum absolute atomic E-state index is 0.645. The number of hydrogen-bond acceptors (Lipinski definition) is 3. The molecule has 0 saturated carbocycles. The van der Waals surface area contributed by atoms with Crippen molar-refractivity contribution < 1.29 is 0 Å². The van der Waals surface area contributed by atoms with Gasteiger partial charge in [0, 0.05) is 24.8 Å². The van der Waals surface area contributed by atoms with Crippen molar-refractivity contribution in [2.24, 2.45) is 12.8 Å². The van der Waals surface area contributed by atoms with Gasteiger partial charge in [-0.1, -0.05) is 18.2 Å². The zero-order valence-corrected chi connectivity index (χ0v) is 11.9. The molecule has 0 fully saturated rings. The lowest BCUT2D eigenvalue weighted by atomic mass is 10.1. The lowest BCUT2D eigenvalue weighted by Crippen LogP contribution is -2.21. The molecule has 1 aromatic carbocycles. The topological polar surface area (TPSA) is 47.1 Å². The minimum Gasteiger partial charge on any atom is -0.330 e. The first-order valence-corrected chi connectivity index (χ1v) is 6.74. The molecule has 0 saturated heterocycles. The molecule has 0 aliphatic rings. The summed E-state index contributed by atoms with van der Waals surface area (Å²) in [4.78, 5) is 2.28. The summed E-state index contributed by atoms with van der Waals surface area (Å²) < 4.78 is 1.96. The third kappa shape index (κ3) is 2.63. The van der Waals surface area contributed by atoms with Gasteiger partial charge in [-0.3, -0.25) is 4.68 Å². The van der Waals surface area contributed by atoms with E-state index in [9.17, 15) is 0 Å². The fourth-order valence-electron chi connectivity index (χ4n) is 2.53. The smallest absolute Gasteiger partial charge is 0.134 e. The van der Waals surface area contributed by atoms with E-state index in [1.165, 1.54) is 11.3 Å². The van der Waals surface area contributed by atoms with E-state index in [4.69, 9.17) is 5.73 Å². The molecule has 0 unspecified atom stereocenters. The Hall–Kier alpha value is -1.81. The van der Waals surface area contributed by atoms with Crippen molar-refractivity contribution >= 4 is 11.5 Å². The number of aromatic nitrogens is 2. The second-order valence-electron chi connectivity index (χ2n) is 4.63. The summed E-state index contributed by atoms with van der Waals surface area (Å²) in [6.45, 7) is 5.75. The third-order valence-electron chi connectivity index (χ3n) is 3.35. The van der Waals surface area contributed by atoms with Crippen LogP contribution in [-0.2, 0) is 13.5 Å². The van der Waals surface area contributed by atoms with Crippen molar-refractivity contribution in [3.05, 3.63) is 41.6 Å². The molecule has 1 heterocycles. The second kappa shape index (κ2) is 5.89. The van der Waals surface area contributed by atoms with Crippen LogP contribution in [0, 0.1) is 6.92 Å². The summed E-state index contributed by atoms with van der Waals surface area (Å²) in [6, 6.07) is 10.4. The number of nitrogens with two attached hydrogens (primary N) is 1. The number of anilines is 2. The van der Waals surface area contributed by atoms with Crippen LogP contribution >= 0.6 is 0 Å². The van der Waals surface area contributed by atoms with Crippen LogP contribution in [0.1, 0.15) is 18.2 Å². The molecule has 4 heteroatoms. The Bertz CT molecular complexity index is 531. The predicted molar refractivity (Wildman–Crippen MR) is 79.8 cm³/mol. The molecule has 0 bridgehead atoms. The van der Waals surface area contributed by atoms with Gasteiger partial charge in [0.15, 0.2) is 0 Å². The Balaban J connectivity index is 2.49. The molecule has 2 rings (SSSR count). The first-order chi connectivity index (χ1) is 9.19. The summed E-state index contributed by atoms with van der Waals surface area (Å²) in [7, 11) is 1.99. The Labute approximate surface area is 114 Å². The molecule has 102 valence electrons. The maximum absolute atomic E-state index is 5.73. The number of hydrogen-bond donors (Lipinski definition) is 1. The number of para-hydroxylation sites is 1. The second-order valence-corrected chi connectivity index (χ2v) is 4.63. The maximum Gasteiger partial charge on any atom is 0.134 e. The third-order valence-corrected chi connectivity index (χ3v) is 3.35. The van der Waals surface area contributed by atoms with Crippen LogP contribution in [-0.4, -0.2) is 22.9 Å². The zero-order valence-electron chi connectivity index (χ0n) is 11.9. The van der Waals surface area contributed by atoms with Gasteiger partial charge in [0.25, 0.3) is 0 Å². The molecule has 1 aromatic heterocycles. The molecular formula is C15H22N4. The van der Waals surface area contributed by atoms with Crippen LogP contribution in [0.3, 0.4) is 0 Å². The first kappa shape index (κ1) is 13.6. The molecule has 0 atom stereocenters. The fraction of sp³-hybridized carbons (Fsp3) is 0.400. The van der Waals surface area contributed by atoms with Gasteiger partial charge in [-0.2, -0.15) is 5.10 Å². The molecule has 0 aliphatic carbocycles. The molecule has 0 radical (unpaired) electrons. The van der Waals surface area contributed by atoms with E-state index in [0.717, 1.165) is 24.5 Å². The van der Waals surface area contributed by atoms with Crippen LogP contribution in [0.4, 0.5) is 11.5 Å². The van der Waals surface area contributed by atoms with E-state index in [1.54, 1.807) is 0 Å². The molecule has 0 spiro atoms. The van der Waals surface area contributed by atoms with Gasteiger partial charge in [-0.05, 0) is 38.9 Å². The van der Waals surface area contributed by atoms with Crippen molar-refractivity contribution in [1.82, 2.24) is 9.78 Å². The zero-order chi connectivity index (χ0) is 13.8. The largest absolute Gasteiger partial charge is 0.330 e. The quantitative estimate of drug-likeness (QED) is 0.895. The Morgan fingerprint density at radius 3 is 2.53 bits per heavy atom. The van der Waals surface area contributed by atoms with Crippen molar-refractivity contribution in [2.45, 2.75) is 20.3 Å². The van der Waals surface area contributed by atoms with E-state index >= 15 is 0 Å². The summed E-state index contributed by atoms with van der Waals surface area (Å²) in [5.41, 5.74) is 9.23. The Morgan fingerprint density at radius 2 is 1.95 bits per heavy atom. The highest BCUT2D eigenvalue weighted by atomic mass is 15.4. The highest BCUT2D eigenvalue weighted by molar-refractivity contribution is 5.64. The maximum atomic E-state index is 5.73. The van der Waals surface area contributed by atoms with Gasteiger partial charge in [-0.25, -0.2) is 0 Å². The normalized spacial score (nSPS) is 10.7. The molecule has 19 heavy (non-hydrogen) atoms. The standard InChI is InChI=1S/C15H22N4/c1-4-19(13-8-6-5-7-9-13)15-14(10-11-16)12(2)17-18(15)3/h5-9H,4,10-11,16H2,1-3H3. The molecule has 2 aromatic rings. The number of aryl methyl sites for hydroxylation is 2. The SMILES string of the molecule is CCN(c1ccccc1)c1c(CCN)c(C)nn1C. The molecule has 2 N–H and O–H groups in total. The van der Waals surface area contributed by atoms with Gasteiger partial charge in [0.05, 0.1) is 5.69 Å². The van der Waals surface area contributed by atoms with Crippen LogP contribution in [0.2, 0.25) is 0 Å². The van der Waals surface area contributed by atoms with E-state index in [-0.39, 0.29) is 0 Å². The lowest BCUT2D eigenvalue weighted by molar-refractivity contribution is 0.741. The van der Waals surface area contributed by atoms with Crippen molar-refractivity contribution in [1.29, 1.82) is 0 Å². The van der Waals surface area contributed by atoms with Crippen molar-refractivity contribution in [3.63, 3.8) is 0 Å². The van der Waals surface area contributed by atoms with Gasteiger partial charge in [-0.15, -0.1) is 0 Å². The van der Waals surface area contributed by atoms with Crippen molar-refractivity contribution in [3.8, 4) is 0 Å². The molecule has 0 aliphatic heterocycles. The number of nitrogens with zero attached hydrogens (tertiary/aromatic N) is 3. The summed E-state index contributed by atoms with van der Waals surface area (Å²) >= 11 is 0. The summed E-state index contributed by atoms with van der Waals surface area (Å²) in [6.07, 6.45) is 0.859. The molecular weight excluding hydrogens is 236 g/mol. The van der Waals surface area contributed by atoms with Crippen LogP contribution in [0.25, 0.3) is 0 Å². The molecule has 0 amide bonds. The van der Waals surface area contributed by atoms with E-state index in [2.05, 4.69) is 41.2 Å². The fourth-order valence-corrected chi connectivity index (χ4v) is 2.53. The predicted octanol–water partition coefficient (Wildman–Crippen LogP) is 2.39.